The van der Waals surface area contributed by atoms with Gasteiger partial charge in [-0.3, -0.25) is 14.5 Å². The van der Waals surface area contributed by atoms with Crippen molar-refractivity contribution in [3.8, 4) is 0 Å². The van der Waals surface area contributed by atoms with Gasteiger partial charge in [-0.05, 0) is 19.4 Å². The van der Waals surface area contributed by atoms with E-state index in [0.29, 0.717) is 16.8 Å². The van der Waals surface area contributed by atoms with E-state index in [1.807, 2.05) is 6.07 Å². The van der Waals surface area contributed by atoms with Gasteiger partial charge in [0.05, 0.1) is 5.71 Å². The molecule has 0 unspecified atom stereocenters. The number of hydrogen-bond acceptors (Lipinski definition) is 7. The van der Waals surface area contributed by atoms with Crippen LogP contribution in [-0.2, 0) is 19.3 Å². The molecule has 1 rings (SSSR count). The fourth-order valence-electron chi connectivity index (χ4n) is 1.81. The Bertz CT molecular complexity index is 626. The summed E-state index contributed by atoms with van der Waals surface area (Å²) in [5, 5.41) is 7.65. The quantitative estimate of drug-likeness (QED) is 0.443. The highest BCUT2D eigenvalue weighted by Gasteiger charge is 2.21. The Labute approximate surface area is 141 Å². The van der Waals surface area contributed by atoms with Crippen LogP contribution in [0.15, 0.2) is 52.4 Å². The van der Waals surface area contributed by atoms with E-state index >= 15 is 0 Å². The summed E-state index contributed by atoms with van der Waals surface area (Å²) in [4.78, 5) is 28.2. The Hall–Kier alpha value is -2.71. The van der Waals surface area contributed by atoms with E-state index in [1.54, 1.807) is 44.3 Å². The molecule has 0 fully saturated rings. The number of nitrogens with zero attached hydrogens (tertiary/aromatic N) is 3. The zero-order valence-electron chi connectivity index (χ0n) is 14.2. The first-order chi connectivity index (χ1) is 11.5. The SMILES string of the molecule is CON=C(C)C(C)=CN(CON)C(=O)C(=NOC)c1ccccc1. The first kappa shape index (κ1) is 19.3. The normalized spacial score (nSPS) is 12.8. The summed E-state index contributed by atoms with van der Waals surface area (Å²) in [5.41, 5.74) is 2.05. The third kappa shape index (κ3) is 5.49. The number of nitrogens with two attached hydrogens (primary N) is 1. The molecule has 0 saturated heterocycles. The van der Waals surface area contributed by atoms with Gasteiger partial charge in [0, 0.05) is 11.8 Å². The van der Waals surface area contributed by atoms with Gasteiger partial charge in [0.2, 0.25) is 0 Å². The molecule has 1 aromatic rings. The molecule has 0 aliphatic heterocycles. The van der Waals surface area contributed by atoms with Crippen LogP contribution in [0.25, 0.3) is 0 Å². The number of rotatable bonds is 8. The predicted molar refractivity (Wildman–Crippen MR) is 90.8 cm³/mol. The topological polar surface area (TPSA) is 98.7 Å². The molecule has 130 valence electrons. The van der Waals surface area contributed by atoms with Crippen molar-refractivity contribution in [1.29, 1.82) is 0 Å². The Morgan fingerprint density at radius 1 is 1.17 bits per heavy atom. The number of amides is 1. The van der Waals surface area contributed by atoms with Crippen molar-refractivity contribution in [3.63, 3.8) is 0 Å². The summed E-state index contributed by atoms with van der Waals surface area (Å²) in [7, 11) is 2.82. The molecule has 8 heteroatoms. The molecule has 1 amide bonds. The molecule has 2 N–H and O–H groups in total. The third-order valence-corrected chi connectivity index (χ3v) is 3.06. The molecule has 0 heterocycles. The van der Waals surface area contributed by atoms with E-state index in [-0.39, 0.29) is 12.4 Å². The summed E-state index contributed by atoms with van der Waals surface area (Å²) in [6.07, 6.45) is 1.56. The average molecular weight is 334 g/mol. The van der Waals surface area contributed by atoms with Crippen LogP contribution in [0.3, 0.4) is 0 Å². The van der Waals surface area contributed by atoms with Crippen LogP contribution in [0.1, 0.15) is 19.4 Å². The fourth-order valence-corrected chi connectivity index (χ4v) is 1.81. The second-order valence-corrected chi connectivity index (χ2v) is 4.73. The lowest BCUT2D eigenvalue weighted by Gasteiger charge is -2.19. The minimum absolute atomic E-state index is 0.125. The van der Waals surface area contributed by atoms with Crippen LogP contribution in [0.5, 0.6) is 0 Å². The Morgan fingerprint density at radius 3 is 2.33 bits per heavy atom. The van der Waals surface area contributed by atoms with Crippen molar-refractivity contribution in [2.24, 2.45) is 16.2 Å². The lowest BCUT2D eigenvalue weighted by atomic mass is 10.1. The van der Waals surface area contributed by atoms with Crippen LogP contribution >= 0.6 is 0 Å². The molecule has 0 bridgehead atoms. The van der Waals surface area contributed by atoms with Crippen molar-refractivity contribution < 1.29 is 19.3 Å². The van der Waals surface area contributed by atoms with Crippen LogP contribution in [0.4, 0.5) is 0 Å². The Balaban J connectivity index is 3.18. The zero-order valence-corrected chi connectivity index (χ0v) is 14.2. The minimum Gasteiger partial charge on any atom is -0.399 e. The van der Waals surface area contributed by atoms with Gasteiger partial charge >= 0.3 is 0 Å². The summed E-state index contributed by atoms with van der Waals surface area (Å²) in [6.45, 7) is 3.37. The fraction of sp³-hybridized carbons (Fsp3) is 0.312. The maximum Gasteiger partial charge on any atom is 0.282 e. The van der Waals surface area contributed by atoms with Crippen molar-refractivity contribution in [1.82, 2.24) is 4.90 Å². The maximum absolute atomic E-state index is 12.8. The molecule has 0 atom stereocenters. The Kier molecular flexibility index (Phi) is 8.17. The molecule has 0 saturated carbocycles. The zero-order chi connectivity index (χ0) is 17.9. The van der Waals surface area contributed by atoms with Crippen LogP contribution < -0.4 is 5.90 Å². The first-order valence-electron chi connectivity index (χ1n) is 7.10. The number of carbonyl (C=O) groups excluding carboxylic acids is 1. The van der Waals surface area contributed by atoms with Gasteiger partial charge in [0.1, 0.15) is 21.0 Å². The molecule has 1 aromatic carbocycles. The molecule has 0 aliphatic carbocycles. The smallest absolute Gasteiger partial charge is 0.282 e. The third-order valence-electron chi connectivity index (χ3n) is 3.06. The van der Waals surface area contributed by atoms with E-state index in [9.17, 15) is 4.79 Å². The molecule has 0 aliphatic rings. The molecular formula is C16H22N4O4. The van der Waals surface area contributed by atoms with Gasteiger partial charge in [-0.25, -0.2) is 5.90 Å². The highest BCUT2D eigenvalue weighted by Crippen LogP contribution is 2.08. The number of benzene rings is 1. The van der Waals surface area contributed by atoms with Gasteiger partial charge in [0.25, 0.3) is 5.91 Å². The number of hydrogen-bond donors (Lipinski definition) is 1. The van der Waals surface area contributed by atoms with E-state index < -0.39 is 5.91 Å². The number of allylic oxidation sites excluding steroid dienone is 1. The van der Waals surface area contributed by atoms with Crippen LogP contribution in [0.2, 0.25) is 0 Å². The standard InChI is InChI=1S/C16H22N4O4/c1-12(13(2)18-22-3)10-20(11-24-17)16(21)15(19-23-4)14-8-6-5-7-9-14/h5-10H,11,17H2,1-4H3. The van der Waals surface area contributed by atoms with Gasteiger partial charge < -0.3 is 9.68 Å². The van der Waals surface area contributed by atoms with Crippen molar-refractivity contribution in [3.05, 3.63) is 47.7 Å². The monoisotopic (exact) mass is 334 g/mol. The van der Waals surface area contributed by atoms with Gasteiger partial charge in [0.15, 0.2) is 5.71 Å². The molecule has 0 radical (unpaired) electrons. The van der Waals surface area contributed by atoms with Gasteiger partial charge in [-0.2, -0.15) is 0 Å². The summed E-state index contributed by atoms with van der Waals surface area (Å²) in [6, 6.07) is 8.95. The molecule has 8 nitrogen and oxygen atoms in total. The van der Waals surface area contributed by atoms with E-state index in [0.717, 1.165) is 0 Å². The number of oxime groups is 2. The second kappa shape index (κ2) is 10.1. The lowest BCUT2D eigenvalue weighted by molar-refractivity contribution is -0.126. The lowest BCUT2D eigenvalue weighted by Crippen LogP contribution is -2.36. The molecule has 0 spiro atoms. The molecule has 0 aromatic heterocycles. The molecule has 24 heavy (non-hydrogen) atoms. The van der Waals surface area contributed by atoms with Crippen molar-refractivity contribution >= 4 is 17.3 Å². The summed E-state index contributed by atoms with van der Waals surface area (Å²) in [5.74, 6) is 4.71. The van der Waals surface area contributed by atoms with E-state index in [1.165, 1.54) is 19.1 Å². The molecular weight excluding hydrogens is 312 g/mol. The van der Waals surface area contributed by atoms with Crippen LogP contribution in [-0.4, -0.2) is 43.2 Å². The maximum atomic E-state index is 12.8. The second-order valence-electron chi connectivity index (χ2n) is 4.73. The predicted octanol–water partition coefficient (Wildman–Crippen LogP) is 1.64. The summed E-state index contributed by atoms with van der Waals surface area (Å²) < 4.78 is 0. The van der Waals surface area contributed by atoms with Crippen molar-refractivity contribution in [2.45, 2.75) is 13.8 Å². The highest BCUT2D eigenvalue weighted by atomic mass is 16.6. The van der Waals surface area contributed by atoms with Gasteiger partial charge in [-0.15, -0.1) is 0 Å². The highest BCUT2D eigenvalue weighted by molar-refractivity contribution is 6.45. The van der Waals surface area contributed by atoms with Crippen LogP contribution in [0, 0.1) is 0 Å². The minimum atomic E-state index is -0.432. The number of carbonyl (C=O) groups is 1. The summed E-state index contributed by atoms with van der Waals surface area (Å²) >= 11 is 0. The van der Waals surface area contributed by atoms with Crippen molar-refractivity contribution in [2.75, 3.05) is 21.0 Å². The first-order valence-corrected chi connectivity index (χ1v) is 7.10. The largest absolute Gasteiger partial charge is 0.399 e. The van der Waals surface area contributed by atoms with E-state index in [2.05, 4.69) is 15.1 Å². The Morgan fingerprint density at radius 2 is 1.79 bits per heavy atom. The van der Waals surface area contributed by atoms with E-state index in [4.69, 9.17) is 15.6 Å². The average Bonchev–Trinajstić information content (AvgIpc) is 2.59. The van der Waals surface area contributed by atoms with Gasteiger partial charge in [-0.1, -0.05) is 40.6 Å².